The van der Waals surface area contributed by atoms with Crippen LogP contribution in [0.2, 0.25) is 0 Å². The number of methoxy groups -OCH3 is 2. The van der Waals surface area contributed by atoms with Crippen LogP contribution in [-0.2, 0) is 11.0 Å². The van der Waals surface area contributed by atoms with Crippen LogP contribution in [0.5, 0.6) is 11.5 Å². The number of carbonyl (C=O) groups is 1. The number of nitro groups is 1. The van der Waals surface area contributed by atoms with Crippen molar-refractivity contribution in [3.63, 3.8) is 0 Å². The zero-order valence-electron chi connectivity index (χ0n) is 15.7. The van der Waals surface area contributed by atoms with Gasteiger partial charge >= 0.3 is 6.18 Å². The fourth-order valence-corrected chi connectivity index (χ4v) is 2.45. The van der Waals surface area contributed by atoms with Crippen molar-refractivity contribution < 1.29 is 32.4 Å². The first-order valence-electron chi connectivity index (χ1n) is 8.22. The van der Waals surface area contributed by atoms with Crippen LogP contribution in [0.25, 0.3) is 0 Å². The van der Waals surface area contributed by atoms with Crippen molar-refractivity contribution in [2.24, 2.45) is 0 Å². The first-order chi connectivity index (χ1) is 13.6. The van der Waals surface area contributed by atoms with E-state index >= 15 is 0 Å². The number of nitro benzene ring substituents is 1. The molecule has 0 fully saturated rings. The Labute approximate surface area is 163 Å². The number of halogens is 3. The Bertz CT molecular complexity index is 918. The van der Waals surface area contributed by atoms with Crippen molar-refractivity contribution in [3.05, 3.63) is 52.1 Å². The van der Waals surface area contributed by atoms with E-state index in [9.17, 15) is 28.1 Å². The fourth-order valence-electron chi connectivity index (χ4n) is 2.45. The highest BCUT2D eigenvalue weighted by Crippen LogP contribution is 2.37. The third kappa shape index (κ3) is 5.27. The van der Waals surface area contributed by atoms with Gasteiger partial charge in [-0.2, -0.15) is 13.2 Å². The van der Waals surface area contributed by atoms with E-state index in [1.807, 2.05) is 0 Å². The second-order valence-electron chi connectivity index (χ2n) is 5.91. The molecule has 2 rings (SSSR count). The molecule has 29 heavy (non-hydrogen) atoms. The summed E-state index contributed by atoms with van der Waals surface area (Å²) in [5.74, 6) is 0.114. The summed E-state index contributed by atoms with van der Waals surface area (Å²) < 4.78 is 50.0. The minimum Gasteiger partial charge on any atom is -0.497 e. The minimum atomic E-state index is -4.88. The molecule has 0 aliphatic carbocycles. The van der Waals surface area contributed by atoms with Crippen molar-refractivity contribution in [3.8, 4) is 11.5 Å². The summed E-state index contributed by atoms with van der Waals surface area (Å²) in [5.41, 5.74) is -2.20. The number of benzene rings is 2. The quantitative estimate of drug-likeness (QED) is 0.524. The van der Waals surface area contributed by atoms with Crippen LogP contribution in [0.15, 0.2) is 36.4 Å². The largest absolute Gasteiger partial charge is 0.497 e. The fraction of sp³-hybridized carbons (Fsp3) is 0.278. The molecule has 0 saturated carbocycles. The highest BCUT2D eigenvalue weighted by molar-refractivity contribution is 5.97. The van der Waals surface area contributed by atoms with Gasteiger partial charge in [-0.25, -0.2) is 0 Å². The molecule has 0 bridgehead atoms. The topological polar surface area (TPSA) is 103 Å². The van der Waals surface area contributed by atoms with Gasteiger partial charge in [0.25, 0.3) is 5.69 Å². The van der Waals surface area contributed by atoms with Crippen molar-refractivity contribution in [2.75, 3.05) is 24.9 Å². The lowest BCUT2D eigenvalue weighted by atomic mass is 10.1. The Hall–Kier alpha value is -3.50. The number of ether oxygens (including phenoxy) is 2. The monoisotopic (exact) mass is 413 g/mol. The lowest BCUT2D eigenvalue weighted by molar-refractivity contribution is -0.385. The van der Waals surface area contributed by atoms with Crippen LogP contribution >= 0.6 is 0 Å². The molecule has 0 spiro atoms. The molecule has 8 nitrogen and oxygen atoms in total. The van der Waals surface area contributed by atoms with Gasteiger partial charge in [0.1, 0.15) is 17.5 Å². The minimum absolute atomic E-state index is 0.371. The molecule has 1 unspecified atom stereocenters. The van der Waals surface area contributed by atoms with Crippen molar-refractivity contribution in [2.45, 2.75) is 19.1 Å². The van der Waals surface area contributed by atoms with Crippen molar-refractivity contribution in [1.82, 2.24) is 0 Å². The van der Waals surface area contributed by atoms with Crippen LogP contribution in [0.4, 0.5) is 30.2 Å². The van der Waals surface area contributed by atoms with E-state index in [-0.39, 0.29) is 0 Å². The maximum atomic E-state index is 13.2. The molecule has 2 aromatic rings. The molecule has 11 heteroatoms. The Kier molecular flexibility index (Phi) is 6.52. The molecule has 0 heterocycles. The Morgan fingerprint density at radius 2 is 1.76 bits per heavy atom. The van der Waals surface area contributed by atoms with Gasteiger partial charge in [-0.15, -0.1) is 0 Å². The highest BCUT2D eigenvalue weighted by Gasteiger charge is 2.36. The number of nitrogens with zero attached hydrogens (tertiary/aromatic N) is 1. The number of rotatable bonds is 7. The smallest absolute Gasteiger partial charge is 0.418 e. The summed E-state index contributed by atoms with van der Waals surface area (Å²) in [6.45, 7) is 1.44. The van der Waals surface area contributed by atoms with Gasteiger partial charge < -0.3 is 20.1 Å². The van der Waals surface area contributed by atoms with Crippen LogP contribution < -0.4 is 20.1 Å². The number of anilines is 2. The van der Waals surface area contributed by atoms with Gasteiger partial charge in [0.05, 0.1) is 36.1 Å². The van der Waals surface area contributed by atoms with Gasteiger partial charge in [0, 0.05) is 18.2 Å². The molecule has 1 atom stereocenters. The van der Waals surface area contributed by atoms with E-state index in [2.05, 4.69) is 10.6 Å². The number of hydrogen-bond acceptors (Lipinski definition) is 6. The van der Waals surface area contributed by atoms with Gasteiger partial charge in [-0.05, 0) is 25.1 Å². The third-order valence-corrected chi connectivity index (χ3v) is 3.95. The maximum absolute atomic E-state index is 13.2. The molecule has 2 aromatic carbocycles. The summed E-state index contributed by atoms with van der Waals surface area (Å²) in [6, 6.07) is 5.94. The molecule has 156 valence electrons. The summed E-state index contributed by atoms with van der Waals surface area (Å²) >= 11 is 0. The molecule has 0 radical (unpaired) electrons. The standard InChI is InChI=1S/C18H18F3N3O5/c1-10(22-15-7-5-12(28-2)9-16(15)29-3)17(25)23-14-6-4-11(24(26)27)8-13(14)18(19,20)21/h4-10,22H,1-3H3,(H,23,25). The third-order valence-electron chi connectivity index (χ3n) is 3.95. The maximum Gasteiger partial charge on any atom is 0.418 e. The molecule has 1 amide bonds. The Morgan fingerprint density at radius 3 is 2.31 bits per heavy atom. The van der Waals surface area contributed by atoms with E-state index in [4.69, 9.17) is 9.47 Å². The van der Waals surface area contributed by atoms with E-state index in [0.29, 0.717) is 23.3 Å². The molecule has 0 aliphatic heterocycles. The second kappa shape index (κ2) is 8.67. The van der Waals surface area contributed by atoms with Crippen LogP contribution in [0.1, 0.15) is 12.5 Å². The SMILES string of the molecule is COc1ccc(NC(C)C(=O)Nc2ccc([N+](=O)[O-])cc2C(F)(F)F)c(OC)c1. The zero-order chi connectivity index (χ0) is 21.8. The predicted octanol–water partition coefficient (Wildman–Crippen LogP) is 4.07. The van der Waals surface area contributed by atoms with Crippen LogP contribution in [0.3, 0.4) is 0 Å². The number of amides is 1. The summed E-state index contributed by atoms with van der Waals surface area (Å²) in [4.78, 5) is 22.2. The number of nitrogens with one attached hydrogen (secondary N) is 2. The zero-order valence-corrected chi connectivity index (χ0v) is 15.7. The summed E-state index contributed by atoms with van der Waals surface area (Å²) in [7, 11) is 2.89. The number of non-ortho nitro benzene ring substituents is 1. The van der Waals surface area contributed by atoms with E-state index in [1.54, 1.807) is 18.2 Å². The molecule has 0 saturated heterocycles. The summed E-state index contributed by atoms with van der Waals surface area (Å²) in [5, 5.41) is 15.7. The van der Waals surface area contributed by atoms with Gasteiger partial charge in [-0.3, -0.25) is 14.9 Å². The highest BCUT2D eigenvalue weighted by atomic mass is 19.4. The van der Waals surface area contributed by atoms with E-state index < -0.39 is 40.0 Å². The lowest BCUT2D eigenvalue weighted by Crippen LogP contribution is -2.32. The average Bonchev–Trinajstić information content (AvgIpc) is 2.67. The normalized spacial score (nSPS) is 12.1. The van der Waals surface area contributed by atoms with Crippen molar-refractivity contribution in [1.29, 1.82) is 0 Å². The predicted molar refractivity (Wildman–Crippen MR) is 99.4 cm³/mol. The second-order valence-corrected chi connectivity index (χ2v) is 5.91. The number of carbonyl (C=O) groups excluding carboxylic acids is 1. The average molecular weight is 413 g/mol. The molecule has 0 aliphatic rings. The van der Waals surface area contributed by atoms with Gasteiger partial charge in [0.2, 0.25) is 5.91 Å². The Balaban J connectivity index is 2.23. The Morgan fingerprint density at radius 1 is 1.10 bits per heavy atom. The first kappa shape index (κ1) is 21.8. The number of alkyl halides is 3. The molecule has 2 N–H and O–H groups in total. The van der Waals surface area contributed by atoms with Crippen LogP contribution in [0, 0.1) is 10.1 Å². The molecular weight excluding hydrogens is 395 g/mol. The summed E-state index contributed by atoms with van der Waals surface area (Å²) in [6.07, 6.45) is -4.88. The van der Waals surface area contributed by atoms with Crippen molar-refractivity contribution >= 4 is 23.0 Å². The van der Waals surface area contributed by atoms with Gasteiger partial charge in [0.15, 0.2) is 0 Å². The number of hydrogen-bond donors (Lipinski definition) is 2. The van der Waals surface area contributed by atoms with E-state index in [1.165, 1.54) is 21.1 Å². The lowest BCUT2D eigenvalue weighted by Gasteiger charge is -2.19. The molecule has 0 aromatic heterocycles. The van der Waals surface area contributed by atoms with Gasteiger partial charge in [-0.1, -0.05) is 0 Å². The van der Waals surface area contributed by atoms with Crippen LogP contribution in [-0.4, -0.2) is 31.1 Å². The first-order valence-corrected chi connectivity index (χ1v) is 8.22. The van der Waals surface area contributed by atoms with E-state index in [0.717, 1.165) is 12.1 Å². The molecular formula is C18H18F3N3O5.